The van der Waals surface area contributed by atoms with Crippen LogP contribution >= 0.6 is 0 Å². The molecule has 5 aliphatic rings. The van der Waals surface area contributed by atoms with Gasteiger partial charge in [0.05, 0.1) is 27.6 Å². The number of nitrogens with zero attached hydrogens (tertiary/aromatic N) is 5. The summed E-state index contributed by atoms with van der Waals surface area (Å²) in [6, 6.07) is 23.2. The average Bonchev–Trinajstić information content (AvgIpc) is 3.99. The summed E-state index contributed by atoms with van der Waals surface area (Å²) in [5.74, 6) is -0.166. The average molecular weight is 889 g/mol. The number of aromatic amines is 1. The van der Waals surface area contributed by atoms with Crippen LogP contribution in [0.25, 0.3) is 11.0 Å². The highest BCUT2D eigenvalue weighted by Crippen LogP contribution is 2.54. The number of aromatic nitrogens is 2. The predicted octanol–water partition coefficient (Wildman–Crippen LogP) is 8.11. The first kappa shape index (κ1) is 42.3. The van der Waals surface area contributed by atoms with Crippen LogP contribution in [0.5, 0.6) is 5.88 Å². The fraction of sp³-hybridized carbons (Fsp3) is 0.458. The standard InChI is InChI=1S/C48H56N8O7S/c1-2-33-6-3-4-7-38(33)41-8-5-19-54(41)36-29-48(30-36)16-20-53(21-17-48)35-9-11-39(42(27-35)55-22-25-63-47-44(55)26-34-13-18-49-45(34)51-47)46(57)52-64(60,61)37-10-12-40(43(28-37)56(58)59)50-31-32-14-23-62-24-15-32/h3-4,6-7,9-13,18,26-28,32,36,41,50H,2,5,8,14-17,19-25,29-31H2,1H3,(H,49,51)(H,52,57)/t41-/m0/s1. The number of carbonyl (C=O) groups excluding carboxylic acids is 1. The summed E-state index contributed by atoms with van der Waals surface area (Å²) in [4.78, 5) is 40.5. The molecule has 1 amide bonds. The van der Waals surface area contributed by atoms with Gasteiger partial charge in [0.15, 0.2) is 0 Å². The van der Waals surface area contributed by atoms with E-state index in [1.807, 2.05) is 29.2 Å². The molecule has 4 aliphatic heterocycles. The highest BCUT2D eigenvalue weighted by molar-refractivity contribution is 7.90. The first-order valence-electron chi connectivity index (χ1n) is 22.9. The van der Waals surface area contributed by atoms with Gasteiger partial charge in [-0.25, -0.2) is 13.1 Å². The number of sulfonamides is 1. The van der Waals surface area contributed by atoms with Gasteiger partial charge in [0.25, 0.3) is 21.6 Å². The minimum absolute atomic E-state index is 0.138. The minimum atomic E-state index is -4.54. The number of rotatable bonds is 12. The number of amides is 1. The first-order chi connectivity index (χ1) is 31.1. The number of nitro benzene ring substituents is 1. The molecule has 0 bridgehead atoms. The van der Waals surface area contributed by atoms with Gasteiger partial charge in [0.2, 0.25) is 5.88 Å². The molecule has 5 aromatic rings. The van der Waals surface area contributed by atoms with E-state index in [1.54, 1.807) is 12.3 Å². The zero-order valence-corrected chi connectivity index (χ0v) is 37.1. The number of likely N-dealkylation sites (tertiary alicyclic amines) is 1. The van der Waals surface area contributed by atoms with Crippen molar-refractivity contribution in [3.63, 3.8) is 0 Å². The number of nitro groups is 1. The zero-order valence-electron chi connectivity index (χ0n) is 36.3. The molecule has 3 aromatic carbocycles. The SMILES string of the molecule is CCc1ccccc1[C@@H]1CCCN1C1CC2(CCN(c3ccc(C(=O)NS(=O)(=O)c4ccc(NCC5CCOCC5)c([N+](=O)[O-])c4)c(N4CCOc5nc6[nH]ccc6cc54)c3)CC2)C1. The number of benzene rings is 3. The molecule has 3 N–H and O–H groups in total. The van der Waals surface area contributed by atoms with E-state index in [2.05, 4.69) is 56.0 Å². The molecule has 1 spiro atoms. The first-order valence-corrected chi connectivity index (χ1v) is 24.3. The molecule has 0 unspecified atom stereocenters. The van der Waals surface area contributed by atoms with Crippen LogP contribution in [0.4, 0.5) is 28.4 Å². The summed E-state index contributed by atoms with van der Waals surface area (Å²) < 4.78 is 41.5. The van der Waals surface area contributed by atoms with E-state index in [1.165, 1.54) is 48.9 Å². The Morgan fingerprint density at radius 3 is 2.56 bits per heavy atom. The van der Waals surface area contributed by atoms with Crippen molar-refractivity contribution in [1.82, 2.24) is 19.6 Å². The number of anilines is 4. The van der Waals surface area contributed by atoms with Gasteiger partial charge in [-0.1, -0.05) is 31.2 Å². The Hall–Kier alpha value is -5.71. The molecule has 64 heavy (non-hydrogen) atoms. The van der Waals surface area contributed by atoms with Crippen molar-refractivity contribution >= 4 is 55.4 Å². The highest BCUT2D eigenvalue weighted by atomic mass is 32.2. The molecule has 2 aromatic heterocycles. The summed E-state index contributed by atoms with van der Waals surface area (Å²) in [6.45, 7) is 7.61. The van der Waals surface area contributed by atoms with Crippen LogP contribution in [-0.2, 0) is 21.2 Å². The van der Waals surface area contributed by atoms with Gasteiger partial charge in [-0.3, -0.25) is 19.8 Å². The van der Waals surface area contributed by atoms with E-state index in [9.17, 15) is 23.3 Å². The summed E-state index contributed by atoms with van der Waals surface area (Å²) in [5.41, 5.74) is 6.04. The molecule has 1 saturated carbocycles. The molecule has 1 atom stereocenters. The molecule has 16 heteroatoms. The normalized spacial score (nSPS) is 20.5. The smallest absolute Gasteiger partial charge is 0.293 e. The number of nitrogens with one attached hydrogen (secondary N) is 3. The molecular weight excluding hydrogens is 833 g/mol. The Balaban J connectivity index is 0.887. The van der Waals surface area contributed by atoms with Crippen LogP contribution < -0.4 is 24.6 Å². The number of fused-ring (bicyclic) bond motifs is 2. The summed E-state index contributed by atoms with van der Waals surface area (Å²) in [5, 5.41) is 16.2. The number of piperidine rings is 1. The van der Waals surface area contributed by atoms with Crippen molar-refractivity contribution in [1.29, 1.82) is 0 Å². The molecule has 1 aliphatic carbocycles. The van der Waals surface area contributed by atoms with E-state index in [0.29, 0.717) is 73.3 Å². The largest absolute Gasteiger partial charge is 0.474 e. The van der Waals surface area contributed by atoms with Crippen molar-refractivity contribution < 1.29 is 27.6 Å². The second-order valence-corrected chi connectivity index (χ2v) is 19.9. The van der Waals surface area contributed by atoms with Crippen molar-refractivity contribution in [3.05, 3.63) is 106 Å². The zero-order chi connectivity index (χ0) is 44.0. The summed E-state index contributed by atoms with van der Waals surface area (Å²) in [7, 11) is -4.54. The fourth-order valence-corrected chi connectivity index (χ4v) is 12.0. The van der Waals surface area contributed by atoms with Crippen LogP contribution in [0.2, 0.25) is 0 Å². The van der Waals surface area contributed by atoms with Crippen molar-refractivity contribution in [3.8, 4) is 5.88 Å². The molecule has 0 radical (unpaired) electrons. The van der Waals surface area contributed by atoms with Crippen LogP contribution in [0.15, 0.2) is 83.9 Å². The minimum Gasteiger partial charge on any atom is -0.474 e. The Morgan fingerprint density at radius 1 is 0.953 bits per heavy atom. The molecule has 4 fully saturated rings. The number of carbonyl (C=O) groups is 1. The van der Waals surface area contributed by atoms with Gasteiger partial charge < -0.3 is 29.6 Å². The van der Waals surface area contributed by atoms with E-state index in [0.717, 1.165) is 68.9 Å². The molecule has 6 heterocycles. The summed E-state index contributed by atoms with van der Waals surface area (Å²) >= 11 is 0. The summed E-state index contributed by atoms with van der Waals surface area (Å²) in [6.07, 6.45) is 11.6. The number of ether oxygens (including phenoxy) is 2. The van der Waals surface area contributed by atoms with Crippen molar-refractivity contribution in [2.24, 2.45) is 11.3 Å². The predicted molar refractivity (Wildman–Crippen MR) is 246 cm³/mol. The lowest BCUT2D eigenvalue weighted by atomic mass is 9.59. The van der Waals surface area contributed by atoms with E-state index in [-0.39, 0.29) is 27.8 Å². The quantitative estimate of drug-likeness (QED) is 0.0812. The van der Waals surface area contributed by atoms with Gasteiger partial charge in [-0.05, 0) is 129 Å². The van der Waals surface area contributed by atoms with Crippen molar-refractivity contribution in [2.45, 2.75) is 81.7 Å². The third-order valence-corrected chi connectivity index (χ3v) is 15.9. The highest BCUT2D eigenvalue weighted by Gasteiger charge is 2.50. The number of H-pyrrole nitrogens is 1. The number of aryl methyl sites for hydroxylation is 1. The third kappa shape index (κ3) is 8.15. The van der Waals surface area contributed by atoms with E-state index >= 15 is 0 Å². The monoisotopic (exact) mass is 888 g/mol. The Labute approximate surface area is 373 Å². The third-order valence-electron chi connectivity index (χ3n) is 14.6. The van der Waals surface area contributed by atoms with E-state index in [4.69, 9.17) is 14.5 Å². The van der Waals surface area contributed by atoms with Gasteiger partial charge in [0, 0.05) is 68.3 Å². The lowest BCUT2D eigenvalue weighted by Crippen LogP contribution is -2.55. The molecular formula is C48H56N8O7S. The van der Waals surface area contributed by atoms with Gasteiger partial charge >= 0.3 is 0 Å². The van der Waals surface area contributed by atoms with Crippen LogP contribution in [0.3, 0.4) is 0 Å². The van der Waals surface area contributed by atoms with Crippen LogP contribution in [-0.4, -0.2) is 92.7 Å². The lowest BCUT2D eigenvalue weighted by Gasteiger charge is -2.56. The number of hydrogen-bond donors (Lipinski definition) is 3. The Bertz CT molecular complexity index is 2670. The maximum atomic E-state index is 14.3. The second kappa shape index (κ2) is 17.3. The fourth-order valence-electron chi connectivity index (χ4n) is 11.0. The maximum absolute atomic E-state index is 14.3. The van der Waals surface area contributed by atoms with Gasteiger partial charge in [0.1, 0.15) is 23.6 Å². The van der Waals surface area contributed by atoms with Gasteiger partial charge in [-0.2, -0.15) is 4.98 Å². The molecule has 15 nitrogen and oxygen atoms in total. The van der Waals surface area contributed by atoms with Crippen LogP contribution in [0.1, 0.15) is 85.8 Å². The lowest BCUT2D eigenvalue weighted by molar-refractivity contribution is -0.384. The van der Waals surface area contributed by atoms with Gasteiger partial charge in [-0.15, -0.1) is 0 Å². The maximum Gasteiger partial charge on any atom is 0.293 e. The van der Waals surface area contributed by atoms with Crippen molar-refractivity contribution in [2.75, 3.05) is 67.7 Å². The Kier molecular flexibility index (Phi) is 11.5. The molecule has 3 saturated heterocycles. The number of hydrogen-bond acceptors (Lipinski definition) is 12. The number of pyridine rings is 1. The van der Waals surface area contributed by atoms with E-state index < -0.39 is 20.9 Å². The van der Waals surface area contributed by atoms with Crippen LogP contribution in [0, 0.1) is 21.4 Å². The molecule has 10 rings (SSSR count). The Morgan fingerprint density at radius 2 is 1.77 bits per heavy atom. The molecule has 336 valence electrons. The second-order valence-electron chi connectivity index (χ2n) is 18.2. The topological polar surface area (TPSA) is 175 Å².